The monoisotopic (exact) mass is 260 g/mol. The molecule has 1 N–H and O–H groups in total. The molecule has 0 saturated carbocycles. The van der Waals surface area contributed by atoms with Crippen molar-refractivity contribution in [3.63, 3.8) is 0 Å². The van der Waals surface area contributed by atoms with Gasteiger partial charge in [0.25, 0.3) is 0 Å². The number of nitrogens with zero attached hydrogens (tertiary/aromatic N) is 1. The number of nitrogens with one attached hydrogen (secondary N) is 1. The molecule has 0 aliphatic carbocycles. The molecule has 0 spiro atoms. The van der Waals surface area contributed by atoms with E-state index in [1.165, 1.54) is 0 Å². The maximum Gasteiger partial charge on any atom is 0.218 e. The van der Waals surface area contributed by atoms with Crippen LogP contribution in [-0.2, 0) is 13.2 Å². The molecule has 0 atom stereocenters. The van der Waals surface area contributed by atoms with Crippen LogP contribution in [-0.4, -0.2) is 11.5 Å². The Bertz CT molecular complexity index is 481. The maximum absolute atomic E-state index is 5.69. The van der Waals surface area contributed by atoms with E-state index >= 15 is 0 Å². The molecule has 2 aromatic rings. The van der Waals surface area contributed by atoms with Gasteiger partial charge in [0, 0.05) is 18.3 Å². The largest absolute Gasteiger partial charge is 0.469 e. The van der Waals surface area contributed by atoms with E-state index in [2.05, 4.69) is 24.1 Å². The van der Waals surface area contributed by atoms with Gasteiger partial charge in [0.15, 0.2) is 0 Å². The average Bonchev–Trinajstić information content (AvgIpc) is 2.90. The van der Waals surface area contributed by atoms with Gasteiger partial charge in [-0.3, -0.25) is 0 Å². The molecule has 0 aromatic carbocycles. The van der Waals surface area contributed by atoms with Gasteiger partial charge in [-0.1, -0.05) is 19.9 Å². The fourth-order valence-electron chi connectivity index (χ4n) is 1.72. The quantitative estimate of drug-likeness (QED) is 0.831. The zero-order valence-corrected chi connectivity index (χ0v) is 11.4. The van der Waals surface area contributed by atoms with Gasteiger partial charge in [0.05, 0.1) is 6.26 Å². The van der Waals surface area contributed by atoms with E-state index in [9.17, 15) is 0 Å². The van der Waals surface area contributed by atoms with Crippen molar-refractivity contribution in [1.29, 1.82) is 0 Å². The minimum atomic E-state index is 0.404. The highest BCUT2D eigenvalue weighted by molar-refractivity contribution is 5.25. The second-order valence-corrected chi connectivity index (χ2v) is 4.86. The van der Waals surface area contributed by atoms with Crippen LogP contribution in [0.4, 0.5) is 0 Å². The summed E-state index contributed by atoms with van der Waals surface area (Å²) in [4.78, 5) is 4.27. The van der Waals surface area contributed by atoms with Crippen LogP contribution in [0.15, 0.2) is 41.1 Å². The number of pyridine rings is 1. The molecule has 2 rings (SSSR count). The highest BCUT2D eigenvalue weighted by Crippen LogP contribution is 2.16. The zero-order chi connectivity index (χ0) is 13.5. The first-order valence-electron chi connectivity index (χ1n) is 6.55. The van der Waals surface area contributed by atoms with E-state index in [4.69, 9.17) is 9.15 Å². The molecule has 4 heteroatoms. The summed E-state index contributed by atoms with van der Waals surface area (Å²) in [6, 6.07) is 7.69. The number of furan rings is 1. The van der Waals surface area contributed by atoms with Gasteiger partial charge in [0.1, 0.15) is 12.4 Å². The average molecular weight is 260 g/mol. The molecular weight excluding hydrogens is 240 g/mol. The summed E-state index contributed by atoms with van der Waals surface area (Å²) in [5.74, 6) is 2.09. The van der Waals surface area contributed by atoms with Crippen molar-refractivity contribution in [3.05, 3.63) is 48.0 Å². The van der Waals surface area contributed by atoms with E-state index in [1.54, 1.807) is 12.5 Å². The molecular formula is C15H20N2O2. The fourth-order valence-corrected chi connectivity index (χ4v) is 1.72. The third-order valence-electron chi connectivity index (χ3n) is 2.65. The van der Waals surface area contributed by atoms with Crippen LogP contribution in [0.5, 0.6) is 5.88 Å². The van der Waals surface area contributed by atoms with Gasteiger partial charge in [-0.25, -0.2) is 4.98 Å². The Balaban J connectivity index is 1.92. The highest BCUT2D eigenvalue weighted by Gasteiger charge is 2.06. The summed E-state index contributed by atoms with van der Waals surface area (Å²) in [6.45, 7) is 6.52. The van der Waals surface area contributed by atoms with Crippen molar-refractivity contribution in [1.82, 2.24) is 10.3 Å². The maximum atomic E-state index is 5.69. The predicted molar refractivity (Wildman–Crippen MR) is 73.8 cm³/mol. The first kappa shape index (κ1) is 13.6. The number of rotatable bonds is 7. The SMILES string of the molecule is CC(C)CNCc1cccnc1OCc1ccco1. The van der Waals surface area contributed by atoms with Crippen LogP contribution in [0.1, 0.15) is 25.2 Å². The second kappa shape index (κ2) is 6.95. The highest BCUT2D eigenvalue weighted by atomic mass is 16.5. The predicted octanol–water partition coefficient (Wildman–Crippen LogP) is 3.00. The number of ether oxygens (including phenoxy) is 1. The van der Waals surface area contributed by atoms with Gasteiger partial charge in [-0.2, -0.15) is 0 Å². The molecule has 0 radical (unpaired) electrons. The molecule has 0 amide bonds. The first-order valence-corrected chi connectivity index (χ1v) is 6.55. The topological polar surface area (TPSA) is 47.3 Å². The van der Waals surface area contributed by atoms with Gasteiger partial charge in [-0.15, -0.1) is 0 Å². The number of hydrogen-bond acceptors (Lipinski definition) is 4. The van der Waals surface area contributed by atoms with Gasteiger partial charge >= 0.3 is 0 Å². The zero-order valence-electron chi connectivity index (χ0n) is 11.4. The van der Waals surface area contributed by atoms with Crippen LogP contribution in [0.2, 0.25) is 0 Å². The summed E-state index contributed by atoms with van der Waals surface area (Å²) in [6.07, 6.45) is 3.38. The van der Waals surface area contributed by atoms with Gasteiger partial charge in [-0.05, 0) is 30.7 Å². The van der Waals surface area contributed by atoms with Crippen molar-refractivity contribution >= 4 is 0 Å². The van der Waals surface area contributed by atoms with E-state index in [0.29, 0.717) is 18.4 Å². The lowest BCUT2D eigenvalue weighted by molar-refractivity contribution is 0.257. The lowest BCUT2D eigenvalue weighted by Gasteiger charge is -2.11. The Morgan fingerprint density at radius 2 is 2.21 bits per heavy atom. The van der Waals surface area contributed by atoms with Gasteiger partial charge in [0.2, 0.25) is 5.88 Å². The van der Waals surface area contributed by atoms with E-state index in [-0.39, 0.29) is 0 Å². The lowest BCUT2D eigenvalue weighted by atomic mass is 10.2. The number of aromatic nitrogens is 1. The van der Waals surface area contributed by atoms with E-state index < -0.39 is 0 Å². The molecule has 0 unspecified atom stereocenters. The Morgan fingerprint density at radius 3 is 2.95 bits per heavy atom. The standard InChI is InChI=1S/C15H20N2O2/c1-12(2)9-16-10-13-5-3-7-17-15(13)19-11-14-6-4-8-18-14/h3-8,12,16H,9-11H2,1-2H3. The molecule has 0 saturated heterocycles. The lowest BCUT2D eigenvalue weighted by Crippen LogP contribution is -2.19. The first-order chi connectivity index (χ1) is 9.25. The molecule has 102 valence electrons. The molecule has 4 nitrogen and oxygen atoms in total. The molecule has 2 aromatic heterocycles. The third kappa shape index (κ3) is 4.41. The fraction of sp³-hybridized carbons (Fsp3) is 0.400. The van der Waals surface area contributed by atoms with Crippen molar-refractivity contribution in [2.75, 3.05) is 6.54 Å². The molecule has 0 aliphatic heterocycles. The Morgan fingerprint density at radius 1 is 1.32 bits per heavy atom. The molecule has 0 bridgehead atoms. The van der Waals surface area contributed by atoms with E-state index in [0.717, 1.165) is 24.4 Å². The van der Waals surface area contributed by atoms with Crippen LogP contribution < -0.4 is 10.1 Å². The summed E-state index contributed by atoms with van der Waals surface area (Å²) >= 11 is 0. The smallest absolute Gasteiger partial charge is 0.218 e. The van der Waals surface area contributed by atoms with Crippen molar-refractivity contribution in [2.45, 2.75) is 27.0 Å². The Labute approximate surface area is 113 Å². The van der Waals surface area contributed by atoms with Crippen LogP contribution in [0.3, 0.4) is 0 Å². The molecule has 19 heavy (non-hydrogen) atoms. The molecule has 2 heterocycles. The summed E-state index contributed by atoms with van der Waals surface area (Å²) < 4.78 is 10.9. The summed E-state index contributed by atoms with van der Waals surface area (Å²) in [5, 5.41) is 3.39. The van der Waals surface area contributed by atoms with Crippen LogP contribution in [0, 0.1) is 5.92 Å². The third-order valence-corrected chi connectivity index (χ3v) is 2.65. The normalized spacial score (nSPS) is 10.9. The van der Waals surface area contributed by atoms with Gasteiger partial charge < -0.3 is 14.5 Å². The molecule has 0 aliphatic rings. The molecule has 0 fully saturated rings. The minimum Gasteiger partial charge on any atom is -0.469 e. The van der Waals surface area contributed by atoms with Crippen LogP contribution in [0.25, 0.3) is 0 Å². The van der Waals surface area contributed by atoms with Crippen molar-refractivity contribution in [2.24, 2.45) is 5.92 Å². The number of hydrogen-bond donors (Lipinski definition) is 1. The van der Waals surface area contributed by atoms with Crippen molar-refractivity contribution < 1.29 is 9.15 Å². The van der Waals surface area contributed by atoms with E-state index in [1.807, 2.05) is 24.3 Å². The Hall–Kier alpha value is -1.81. The second-order valence-electron chi connectivity index (χ2n) is 4.86. The summed E-state index contributed by atoms with van der Waals surface area (Å²) in [5.41, 5.74) is 1.06. The Kier molecular flexibility index (Phi) is 4.98. The summed E-state index contributed by atoms with van der Waals surface area (Å²) in [7, 11) is 0. The van der Waals surface area contributed by atoms with Crippen molar-refractivity contribution in [3.8, 4) is 5.88 Å². The minimum absolute atomic E-state index is 0.404. The van der Waals surface area contributed by atoms with Crippen LogP contribution >= 0.6 is 0 Å².